The molecule has 1 fully saturated rings. The Hall–Kier alpha value is -0.790. The molecule has 1 unspecified atom stereocenters. The molecule has 0 saturated heterocycles. The van der Waals surface area contributed by atoms with Gasteiger partial charge in [-0.05, 0) is 39.0 Å². The maximum Gasteiger partial charge on any atom is 0.333 e. The first-order chi connectivity index (χ1) is 6.66. The van der Waals surface area contributed by atoms with Crippen molar-refractivity contribution in [2.75, 3.05) is 6.61 Å². The predicted molar refractivity (Wildman–Crippen MR) is 57.0 cm³/mol. The molecule has 80 valence electrons. The van der Waals surface area contributed by atoms with Crippen molar-refractivity contribution in [2.24, 2.45) is 5.92 Å². The molecule has 0 heterocycles. The summed E-state index contributed by atoms with van der Waals surface area (Å²) in [6, 6.07) is 0. The van der Waals surface area contributed by atoms with E-state index in [9.17, 15) is 4.79 Å². The van der Waals surface area contributed by atoms with Crippen LogP contribution in [0.2, 0.25) is 0 Å². The van der Waals surface area contributed by atoms with E-state index in [1.807, 2.05) is 13.8 Å². The van der Waals surface area contributed by atoms with Crippen molar-refractivity contribution in [3.05, 3.63) is 11.1 Å². The van der Waals surface area contributed by atoms with Crippen LogP contribution in [0.15, 0.2) is 11.1 Å². The summed E-state index contributed by atoms with van der Waals surface area (Å²) in [4.78, 5) is 11.5. The van der Waals surface area contributed by atoms with E-state index in [1.165, 1.54) is 24.8 Å². The third-order valence-corrected chi connectivity index (χ3v) is 2.99. The molecule has 1 aliphatic rings. The molecule has 0 aliphatic heterocycles. The summed E-state index contributed by atoms with van der Waals surface area (Å²) in [7, 11) is 0. The Labute approximate surface area is 86.3 Å². The number of hydrogen-bond donors (Lipinski definition) is 0. The van der Waals surface area contributed by atoms with E-state index in [0.717, 1.165) is 12.0 Å². The Morgan fingerprint density at radius 1 is 1.50 bits per heavy atom. The van der Waals surface area contributed by atoms with Crippen LogP contribution < -0.4 is 0 Å². The SMILES string of the molecule is CCOC(=O)C(C)=C1CCCCC1C. The van der Waals surface area contributed by atoms with Gasteiger partial charge in [0.25, 0.3) is 0 Å². The Kier molecular flexibility index (Phi) is 4.18. The van der Waals surface area contributed by atoms with E-state index >= 15 is 0 Å². The van der Waals surface area contributed by atoms with Gasteiger partial charge in [0.2, 0.25) is 0 Å². The zero-order chi connectivity index (χ0) is 10.6. The maximum atomic E-state index is 11.5. The molecule has 0 amide bonds. The number of carbonyl (C=O) groups is 1. The number of allylic oxidation sites excluding steroid dienone is 1. The lowest BCUT2D eigenvalue weighted by atomic mass is 9.83. The molecule has 0 radical (unpaired) electrons. The van der Waals surface area contributed by atoms with Crippen molar-refractivity contribution in [3.8, 4) is 0 Å². The second-order valence-corrected chi connectivity index (χ2v) is 4.02. The van der Waals surface area contributed by atoms with E-state index in [2.05, 4.69) is 6.92 Å². The van der Waals surface area contributed by atoms with E-state index < -0.39 is 0 Å². The van der Waals surface area contributed by atoms with Crippen molar-refractivity contribution < 1.29 is 9.53 Å². The highest BCUT2D eigenvalue weighted by Crippen LogP contribution is 2.31. The number of ether oxygens (including phenoxy) is 1. The second kappa shape index (κ2) is 5.18. The number of esters is 1. The monoisotopic (exact) mass is 196 g/mol. The fraction of sp³-hybridized carbons (Fsp3) is 0.750. The van der Waals surface area contributed by atoms with Gasteiger partial charge in [-0.25, -0.2) is 4.79 Å². The minimum Gasteiger partial charge on any atom is -0.463 e. The largest absolute Gasteiger partial charge is 0.463 e. The number of carbonyl (C=O) groups excluding carboxylic acids is 1. The fourth-order valence-electron chi connectivity index (χ4n) is 2.11. The maximum absolute atomic E-state index is 11.5. The Morgan fingerprint density at radius 2 is 2.21 bits per heavy atom. The third kappa shape index (κ3) is 2.60. The molecule has 2 heteroatoms. The molecule has 0 aromatic rings. The smallest absolute Gasteiger partial charge is 0.333 e. The normalized spacial score (nSPS) is 25.8. The molecule has 0 aromatic heterocycles. The fourth-order valence-corrected chi connectivity index (χ4v) is 2.11. The predicted octanol–water partition coefficient (Wildman–Crippen LogP) is 3.08. The summed E-state index contributed by atoms with van der Waals surface area (Å²) in [5.41, 5.74) is 2.16. The Bertz CT molecular complexity index is 241. The number of rotatable bonds is 2. The molecule has 0 aromatic carbocycles. The lowest BCUT2D eigenvalue weighted by Crippen LogP contribution is -2.14. The lowest BCUT2D eigenvalue weighted by Gasteiger charge is -2.23. The zero-order valence-corrected chi connectivity index (χ0v) is 9.43. The van der Waals surface area contributed by atoms with Gasteiger partial charge in [-0.15, -0.1) is 0 Å². The van der Waals surface area contributed by atoms with E-state index in [4.69, 9.17) is 4.74 Å². The van der Waals surface area contributed by atoms with Crippen LogP contribution in [0, 0.1) is 5.92 Å². The van der Waals surface area contributed by atoms with Crippen LogP contribution in [-0.2, 0) is 9.53 Å². The van der Waals surface area contributed by atoms with Crippen LogP contribution in [0.1, 0.15) is 46.5 Å². The van der Waals surface area contributed by atoms with Crippen molar-refractivity contribution in [3.63, 3.8) is 0 Å². The standard InChI is InChI=1S/C12H20O2/c1-4-14-12(13)10(3)11-8-6-5-7-9(11)2/h9H,4-8H2,1-3H3. The summed E-state index contributed by atoms with van der Waals surface area (Å²) >= 11 is 0. The first-order valence-corrected chi connectivity index (χ1v) is 5.53. The molecule has 14 heavy (non-hydrogen) atoms. The van der Waals surface area contributed by atoms with Crippen LogP contribution in [-0.4, -0.2) is 12.6 Å². The summed E-state index contributed by atoms with van der Waals surface area (Å²) < 4.78 is 5.01. The van der Waals surface area contributed by atoms with Crippen LogP contribution in [0.3, 0.4) is 0 Å². The van der Waals surface area contributed by atoms with Gasteiger partial charge >= 0.3 is 5.97 Å². The van der Waals surface area contributed by atoms with Crippen LogP contribution in [0.25, 0.3) is 0 Å². The highest BCUT2D eigenvalue weighted by atomic mass is 16.5. The van der Waals surface area contributed by atoms with Gasteiger partial charge in [0.15, 0.2) is 0 Å². The second-order valence-electron chi connectivity index (χ2n) is 4.02. The quantitative estimate of drug-likeness (QED) is 0.501. The van der Waals surface area contributed by atoms with Gasteiger partial charge in [0.05, 0.1) is 6.61 Å². The van der Waals surface area contributed by atoms with Crippen molar-refractivity contribution in [1.29, 1.82) is 0 Å². The number of hydrogen-bond acceptors (Lipinski definition) is 2. The van der Waals surface area contributed by atoms with Gasteiger partial charge in [-0.2, -0.15) is 0 Å². The van der Waals surface area contributed by atoms with Gasteiger partial charge < -0.3 is 4.74 Å². The van der Waals surface area contributed by atoms with Crippen LogP contribution in [0.4, 0.5) is 0 Å². The molecule has 0 spiro atoms. The highest BCUT2D eigenvalue weighted by Gasteiger charge is 2.20. The summed E-state index contributed by atoms with van der Waals surface area (Å²) in [5, 5.41) is 0. The summed E-state index contributed by atoms with van der Waals surface area (Å²) in [6.45, 7) is 6.42. The van der Waals surface area contributed by atoms with Crippen LogP contribution in [0.5, 0.6) is 0 Å². The van der Waals surface area contributed by atoms with Gasteiger partial charge in [0, 0.05) is 5.57 Å². The molecular formula is C12H20O2. The average molecular weight is 196 g/mol. The summed E-state index contributed by atoms with van der Waals surface area (Å²) in [5.74, 6) is 0.435. The zero-order valence-electron chi connectivity index (χ0n) is 9.43. The van der Waals surface area contributed by atoms with Gasteiger partial charge in [-0.3, -0.25) is 0 Å². The first-order valence-electron chi connectivity index (χ1n) is 5.53. The lowest BCUT2D eigenvalue weighted by molar-refractivity contribution is -0.138. The molecule has 1 atom stereocenters. The third-order valence-electron chi connectivity index (χ3n) is 2.99. The molecular weight excluding hydrogens is 176 g/mol. The van der Waals surface area contributed by atoms with E-state index in [0.29, 0.717) is 12.5 Å². The average Bonchev–Trinajstić information content (AvgIpc) is 2.18. The van der Waals surface area contributed by atoms with E-state index in [1.54, 1.807) is 0 Å². The van der Waals surface area contributed by atoms with Crippen molar-refractivity contribution >= 4 is 5.97 Å². The van der Waals surface area contributed by atoms with Gasteiger partial charge in [-0.1, -0.05) is 18.9 Å². The Morgan fingerprint density at radius 3 is 2.79 bits per heavy atom. The molecule has 1 saturated carbocycles. The molecule has 1 rings (SSSR count). The minimum absolute atomic E-state index is 0.128. The first kappa shape index (κ1) is 11.3. The molecule has 1 aliphatic carbocycles. The molecule has 0 bridgehead atoms. The van der Waals surface area contributed by atoms with E-state index in [-0.39, 0.29) is 5.97 Å². The minimum atomic E-state index is -0.128. The van der Waals surface area contributed by atoms with Crippen LogP contribution >= 0.6 is 0 Å². The topological polar surface area (TPSA) is 26.3 Å². The van der Waals surface area contributed by atoms with Crippen molar-refractivity contribution in [2.45, 2.75) is 46.5 Å². The molecule has 2 nitrogen and oxygen atoms in total. The Balaban J connectivity index is 2.74. The highest BCUT2D eigenvalue weighted by molar-refractivity contribution is 5.88. The van der Waals surface area contributed by atoms with Gasteiger partial charge in [0.1, 0.15) is 0 Å². The molecule has 0 N–H and O–H groups in total. The van der Waals surface area contributed by atoms with Crippen molar-refractivity contribution in [1.82, 2.24) is 0 Å². The summed E-state index contributed by atoms with van der Waals surface area (Å²) in [6.07, 6.45) is 4.80.